The Morgan fingerprint density at radius 3 is 2.44 bits per heavy atom. The van der Waals surface area contributed by atoms with Gasteiger partial charge in [0.2, 0.25) is 0 Å². The third-order valence-electron chi connectivity index (χ3n) is 5.02. The zero-order valence-corrected chi connectivity index (χ0v) is 16.9. The first-order chi connectivity index (χ1) is 15.5. The molecule has 1 N–H and O–H groups in total. The molecular formula is C25H19FN2O4. The van der Waals surface area contributed by atoms with Crippen molar-refractivity contribution in [2.45, 2.75) is 6.04 Å². The molecule has 0 saturated carbocycles. The monoisotopic (exact) mass is 430 g/mol. The Balaban J connectivity index is 1.84. The van der Waals surface area contributed by atoms with Crippen molar-refractivity contribution in [3.05, 3.63) is 108 Å². The van der Waals surface area contributed by atoms with E-state index in [1.54, 1.807) is 48.5 Å². The number of amides is 1. The van der Waals surface area contributed by atoms with Crippen molar-refractivity contribution >= 4 is 23.3 Å². The highest BCUT2D eigenvalue weighted by molar-refractivity contribution is 6.51. The number of nitrogens with zero attached hydrogens (tertiary/aromatic N) is 2. The van der Waals surface area contributed by atoms with Gasteiger partial charge in [-0.3, -0.25) is 14.5 Å². The van der Waals surface area contributed by atoms with Gasteiger partial charge in [0.15, 0.2) is 0 Å². The van der Waals surface area contributed by atoms with Crippen LogP contribution in [0, 0.1) is 5.82 Å². The molecule has 1 amide bonds. The van der Waals surface area contributed by atoms with Crippen molar-refractivity contribution in [2.75, 3.05) is 11.5 Å². The second-order valence-corrected chi connectivity index (χ2v) is 7.03. The number of hydrogen-bond acceptors (Lipinski definition) is 5. The summed E-state index contributed by atoms with van der Waals surface area (Å²) in [6.45, 7) is 3.91. The fraction of sp³-hybridized carbons (Fsp3) is 0.0800. The number of ether oxygens (including phenoxy) is 1. The highest BCUT2D eigenvalue weighted by Gasteiger charge is 2.47. The van der Waals surface area contributed by atoms with Gasteiger partial charge in [0, 0.05) is 11.8 Å². The summed E-state index contributed by atoms with van der Waals surface area (Å²) in [5.41, 5.74) is 0.692. The smallest absolute Gasteiger partial charge is 0.301 e. The van der Waals surface area contributed by atoms with E-state index in [0.717, 1.165) is 0 Å². The number of benzene rings is 2. The molecule has 32 heavy (non-hydrogen) atoms. The molecule has 0 bridgehead atoms. The molecule has 0 unspecified atom stereocenters. The molecule has 1 fully saturated rings. The van der Waals surface area contributed by atoms with Crippen LogP contribution >= 0.6 is 0 Å². The maximum atomic E-state index is 13.6. The van der Waals surface area contributed by atoms with E-state index < -0.39 is 23.5 Å². The lowest BCUT2D eigenvalue weighted by Crippen LogP contribution is -2.30. The molecule has 160 valence electrons. The van der Waals surface area contributed by atoms with Gasteiger partial charge in [-0.1, -0.05) is 30.9 Å². The standard InChI is InChI=1S/C25H19FN2O4/c1-2-15-32-19-12-8-17(9-13-19)23(29)21-22(16-6-10-18(26)11-7-16)28(25(31)24(21)30)20-5-3-4-14-27-20/h2-14,22,29H,1,15H2/t22-/m1/s1. The maximum absolute atomic E-state index is 13.6. The average Bonchev–Trinajstić information content (AvgIpc) is 3.09. The highest BCUT2D eigenvalue weighted by atomic mass is 19.1. The van der Waals surface area contributed by atoms with Crippen molar-refractivity contribution < 1.29 is 23.8 Å². The number of Topliss-reactive ketones (excluding diaryl/α,β-unsaturated/α-hetero) is 1. The highest BCUT2D eigenvalue weighted by Crippen LogP contribution is 2.41. The first-order valence-corrected chi connectivity index (χ1v) is 9.83. The SMILES string of the molecule is C=CCOc1ccc(C(O)=C2C(=O)C(=O)N(c3ccccn3)[C@@H]2c2ccc(F)cc2)cc1. The lowest BCUT2D eigenvalue weighted by atomic mass is 9.95. The van der Waals surface area contributed by atoms with Crippen LogP contribution in [0.3, 0.4) is 0 Å². The molecule has 1 saturated heterocycles. The average molecular weight is 430 g/mol. The Morgan fingerprint density at radius 1 is 1.09 bits per heavy atom. The quantitative estimate of drug-likeness (QED) is 0.271. The van der Waals surface area contributed by atoms with E-state index in [2.05, 4.69) is 11.6 Å². The Labute approximate surface area is 183 Å². The minimum Gasteiger partial charge on any atom is -0.507 e. The normalized spacial score (nSPS) is 17.4. The van der Waals surface area contributed by atoms with E-state index in [-0.39, 0.29) is 17.2 Å². The van der Waals surface area contributed by atoms with E-state index in [1.165, 1.54) is 35.4 Å². The van der Waals surface area contributed by atoms with E-state index >= 15 is 0 Å². The largest absolute Gasteiger partial charge is 0.507 e. The number of aliphatic hydroxyl groups is 1. The van der Waals surface area contributed by atoms with Crippen LogP contribution in [-0.2, 0) is 9.59 Å². The van der Waals surface area contributed by atoms with E-state index in [1.807, 2.05) is 0 Å². The zero-order chi connectivity index (χ0) is 22.7. The van der Waals surface area contributed by atoms with Gasteiger partial charge < -0.3 is 9.84 Å². The van der Waals surface area contributed by atoms with Crippen LogP contribution in [0.5, 0.6) is 5.75 Å². The summed E-state index contributed by atoms with van der Waals surface area (Å²) in [6.07, 6.45) is 3.11. The molecule has 6 nitrogen and oxygen atoms in total. The number of pyridine rings is 1. The van der Waals surface area contributed by atoms with Gasteiger partial charge in [-0.15, -0.1) is 0 Å². The molecule has 0 radical (unpaired) electrons. The molecule has 4 rings (SSSR count). The fourth-order valence-electron chi connectivity index (χ4n) is 3.55. The molecule has 0 aliphatic carbocycles. The summed E-state index contributed by atoms with van der Waals surface area (Å²) in [4.78, 5) is 31.4. The third kappa shape index (κ3) is 3.88. The van der Waals surface area contributed by atoms with Crippen LogP contribution in [0.4, 0.5) is 10.2 Å². The van der Waals surface area contributed by atoms with Gasteiger partial charge in [-0.05, 0) is 54.1 Å². The first-order valence-electron chi connectivity index (χ1n) is 9.83. The van der Waals surface area contributed by atoms with E-state index in [4.69, 9.17) is 4.74 Å². The van der Waals surface area contributed by atoms with Gasteiger partial charge in [0.05, 0.1) is 11.6 Å². The van der Waals surface area contributed by atoms with Crippen molar-refractivity contribution in [2.24, 2.45) is 0 Å². The van der Waals surface area contributed by atoms with Crippen molar-refractivity contribution in [3.63, 3.8) is 0 Å². The van der Waals surface area contributed by atoms with Crippen molar-refractivity contribution in [1.29, 1.82) is 0 Å². The van der Waals surface area contributed by atoms with Gasteiger partial charge in [0.1, 0.15) is 29.8 Å². The number of ketones is 1. The summed E-state index contributed by atoms with van der Waals surface area (Å²) in [6, 6.07) is 15.9. The molecule has 2 aromatic carbocycles. The van der Waals surface area contributed by atoms with Crippen molar-refractivity contribution in [3.8, 4) is 5.75 Å². The minimum atomic E-state index is -0.970. The van der Waals surface area contributed by atoms with E-state index in [0.29, 0.717) is 23.5 Å². The number of aliphatic hydroxyl groups excluding tert-OH is 1. The second-order valence-electron chi connectivity index (χ2n) is 7.03. The topological polar surface area (TPSA) is 79.7 Å². The molecule has 1 aliphatic rings. The molecule has 7 heteroatoms. The number of aromatic nitrogens is 1. The molecular weight excluding hydrogens is 411 g/mol. The third-order valence-corrected chi connectivity index (χ3v) is 5.02. The van der Waals surface area contributed by atoms with Crippen LogP contribution in [-0.4, -0.2) is 28.4 Å². The minimum absolute atomic E-state index is 0.105. The molecule has 0 spiro atoms. The fourth-order valence-corrected chi connectivity index (χ4v) is 3.55. The second kappa shape index (κ2) is 8.85. The number of carbonyl (C=O) groups excluding carboxylic acids is 2. The van der Waals surface area contributed by atoms with Crippen LogP contribution in [0.2, 0.25) is 0 Å². The van der Waals surface area contributed by atoms with Gasteiger partial charge in [-0.2, -0.15) is 0 Å². The number of rotatable bonds is 6. The zero-order valence-electron chi connectivity index (χ0n) is 16.9. The molecule has 1 aliphatic heterocycles. The Bertz CT molecular complexity index is 1190. The molecule has 3 aromatic rings. The summed E-state index contributed by atoms with van der Waals surface area (Å²) in [5.74, 6) is -1.67. The van der Waals surface area contributed by atoms with Crippen LogP contribution in [0.15, 0.2) is 91.2 Å². The number of hydrogen-bond donors (Lipinski definition) is 1. The molecule has 2 heterocycles. The van der Waals surface area contributed by atoms with Gasteiger partial charge in [-0.25, -0.2) is 9.37 Å². The summed E-state index contributed by atoms with van der Waals surface area (Å²) in [5, 5.41) is 11.1. The maximum Gasteiger partial charge on any atom is 0.301 e. The molecule has 1 atom stereocenters. The lowest BCUT2D eigenvalue weighted by Gasteiger charge is -2.24. The number of anilines is 1. The van der Waals surface area contributed by atoms with E-state index in [9.17, 15) is 19.1 Å². The van der Waals surface area contributed by atoms with Gasteiger partial charge >= 0.3 is 5.91 Å². The predicted octanol–water partition coefficient (Wildman–Crippen LogP) is 4.41. The molecule has 1 aromatic heterocycles. The lowest BCUT2D eigenvalue weighted by molar-refractivity contribution is -0.132. The Kier molecular flexibility index (Phi) is 5.81. The summed E-state index contributed by atoms with van der Waals surface area (Å²) in [7, 11) is 0. The van der Waals surface area contributed by atoms with Crippen molar-refractivity contribution in [1.82, 2.24) is 4.98 Å². The first kappa shape index (κ1) is 21.0. The number of carbonyl (C=O) groups is 2. The summed E-state index contributed by atoms with van der Waals surface area (Å²) >= 11 is 0. The predicted molar refractivity (Wildman–Crippen MR) is 118 cm³/mol. The number of halogens is 1. The van der Waals surface area contributed by atoms with Gasteiger partial charge in [0.25, 0.3) is 5.78 Å². The van der Waals surface area contributed by atoms with Crippen LogP contribution in [0.1, 0.15) is 17.2 Å². The Hall–Kier alpha value is -4.26. The Morgan fingerprint density at radius 2 is 1.81 bits per heavy atom. The summed E-state index contributed by atoms with van der Waals surface area (Å²) < 4.78 is 19.0. The van der Waals surface area contributed by atoms with Crippen LogP contribution < -0.4 is 9.64 Å². The van der Waals surface area contributed by atoms with Crippen LogP contribution in [0.25, 0.3) is 5.76 Å².